The van der Waals surface area contributed by atoms with Crippen molar-refractivity contribution in [2.24, 2.45) is 5.92 Å². The van der Waals surface area contributed by atoms with Crippen molar-refractivity contribution in [3.05, 3.63) is 65.0 Å². The summed E-state index contributed by atoms with van der Waals surface area (Å²) in [7, 11) is 1.65. The van der Waals surface area contributed by atoms with E-state index in [9.17, 15) is 4.79 Å². The molecule has 0 saturated carbocycles. The molecule has 1 amide bonds. The van der Waals surface area contributed by atoms with Gasteiger partial charge in [0, 0.05) is 18.7 Å². The Morgan fingerprint density at radius 2 is 2.00 bits per heavy atom. The van der Waals surface area contributed by atoms with E-state index in [4.69, 9.17) is 4.74 Å². The average molecular weight is 339 g/mol. The van der Waals surface area contributed by atoms with Crippen LogP contribution >= 0.6 is 0 Å². The van der Waals surface area contributed by atoms with Crippen LogP contribution < -0.4 is 0 Å². The van der Waals surface area contributed by atoms with Crippen LogP contribution in [0.5, 0.6) is 0 Å². The lowest BCUT2D eigenvalue weighted by molar-refractivity contribution is -0.127. The summed E-state index contributed by atoms with van der Waals surface area (Å²) in [6.07, 6.45) is 7.70. The molecule has 0 unspecified atom stereocenters. The molecule has 0 heterocycles. The van der Waals surface area contributed by atoms with Gasteiger partial charge in [0.1, 0.15) is 5.76 Å². The molecule has 1 aliphatic carbocycles. The fourth-order valence-electron chi connectivity index (χ4n) is 3.03. The first-order valence-corrected chi connectivity index (χ1v) is 8.95. The number of allylic oxidation sites excluding steroid dienone is 2. The highest BCUT2D eigenvalue weighted by molar-refractivity contribution is 5.94. The van der Waals surface area contributed by atoms with Gasteiger partial charge < -0.3 is 9.64 Å². The maximum absolute atomic E-state index is 13.0. The molecule has 1 aromatic rings. The van der Waals surface area contributed by atoms with Crippen molar-refractivity contribution in [1.29, 1.82) is 0 Å². The van der Waals surface area contributed by atoms with E-state index in [1.165, 1.54) is 11.1 Å². The van der Waals surface area contributed by atoms with Crippen molar-refractivity contribution in [3.8, 4) is 0 Å². The summed E-state index contributed by atoms with van der Waals surface area (Å²) < 4.78 is 5.30. The zero-order valence-electron chi connectivity index (χ0n) is 15.8. The van der Waals surface area contributed by atoms with Crippen LogP contribution in [0.15, 0.2) is 59.4 Å². The first-order chi connectivity index (χ1) is 12.0. The SMILES string of the molecule is COC1=CCCC(C(=O)N(C/C(C)=C/c2ccccc2)CC(C)C)=C1. The zero-order chi connectivity index (χ0) is 18.2. The van der Waals surface area contributed by atoms with Crippen LogP contribution in [0.4, 0.5) is 0 Å². The van der Waals surface area contributed by atoms with Crippen LogP contribution in [-0.2, 0) is 9.53 Å². The highest BCUT2D eigenvalue weighted by Gasteiger charge is 2.21. The van der Waals surface area contributed by atoms with E-state index in [1.807, 2.05) is 35.3 Å². The molecule has 0 fully saturated rings. The van der Waals surface area contributed by atoms with Crippen molar-refractivity contribution < 1.29 is 9.53 Å². The summed E-state index contributed by atoms with van der Waals surface area (Å²) in [5.41, 5.74) is 3.19. The number of carbonyl (C=O) groups excluding carboxylic acids is 1. The average Bonchev–Trinajstić information content (AvgIpc) is 2.61. The molecule has 3 nitrogen and oxygen atoms in total. The van der Waals surface area contributed by atoms with Crippen molar-refractivity contribution >= 4 is 12.0 Å². The molecule has 0 spiro atoms. The number of amides is 1. The summed E-state index contributed by atoms with van der Waals surface area (Å²) >= 11 is 0. The summed E-state index contributed by atoms with van der Waals surface area (Å²) in [6.45, 7) is 7.78. The number of methoxy groups -OCH3 is 1. The molecule has 0 bridgehead atoms. The zero-order valence-corrected chi connectivity index (χ0v) is 15.8. The standard InChI is InChI=1S/C22H29NO2/c1-17(2)15-23(16-18(3)13-19-9-6-5-7-10-19)22(24)20-11-8-12-21(14-20)25-4/h5-7,9-10,12-14,17H,8,11,15-16H2,1-4H3/b18-13+. The third-order valence-corrected chi connectivity index (χ3v) is 4.11. The first kappa shape index (κ1) is 19.0. The van der Waals surface area contributed by atoms with E-state index in [0.717, 1.165) is 30.7 Å². The molecule has 1 aromatic carbocycles. The Morgan fingerprint density at radius 3 is 2.64 bits per heavy atom. The summed E-state index contributed by atoms with van der Waals surface area (Å²) in [5.74, 6) is 1.34. The van der Waals surface area contributed by atoms with Crippen LogP contribution in [0.3, 0.4) is 0 Å². The van der Waals surface area contributed by atoms with E-state index in [2.05, 4.69) is 39.0 Å². The first-order valence-electron chi connectivity index (χ1n) is 8.95. The second-order valence-corrected chi connectivity index (χ2v) is 7.00. The van der Waals surface area contributed by atoms with Crippen molar-refractivity contribution in [3.63, 3.8) is 0 Å². The van der Waals surface area contributed by atoms with E-state index >= 15 is 0 Å². The van der Waals surface area contributed by atoms with E-state index in [0.29, 0.717) is 12.5 Å². The van der Waals surface area contributed by atoms with Gasteiger partial charge in [-0.1, -0.05) is 55.8 Å². The van der Waals surface area contributed by atoms with E-state index < -0.39 is 0 Å². The van der Waals surface area contributed by atoms with Crippen molar-refractivity contribution in [1.82, 2.24) is 4.90 Å². The Morgan fingerprint density at radius 1 is 1.28 bits per heavy atom. The molecule has 3 heteroatoms. The molecule has 1 aliphatic rings. The van der Waals surface area contributed by atoms with E-state index in [-0.39, 0.29) is 5.91 Å². The molecule has 2 rings (SSSR count). The van der Waals surface area contributed by atoms with Crippen LogP contribution in [0.1, 0.15) is 39.2 Å². The normalized spacial score (nSPS) is 14.8. The molecule has 0 aromatic heterocycles. The van der Waals surface area contributed by atoms with Gasteiger partial charge in [-0.05, 0) is 43.4 Å². The van der Waals surface area contributed by atoms with Gasteiger partial charge in [0.15, 0.2) is 0 Å². The Balaban J connectivity index is 2.15. The largest absolute Gasteiger partial charge is 0.497 e. The fraction of sp³-hybridized carbons (Fsp3) is 0.409. The minimum absolute atomic E-state index is 0.122. The molecular weight excluding hydrogens is 310 g/mol. The molecule has 0 saturated heterocycles. The second-order valence-electron chi connectivity index (χ2n) is 7.00. The highest BCUT2D eigenvalue weighted by atomic mass is 16.5. The molecule has 25 heavy (non-hydrogen) atoms. The quantitative estimate of drug-likeness (QED) is 0.712. The minimum Gasteiger partial charge on any atom is -0.497 e. The Hall–Kier alpha value is -2.29. The Bertz CT molecular complexity index is 669. The maximum atomic E-state index is 13.0. The lowest BCUT2D eigenvalue weighted by Crippen LogP contribution is -2.36. The molecular formula is C22H29NO2. The molecule has 0 N–H and O–H groups in total. The van der Waals surface area contributed by atoms with Gasteiger partial charge in [0.2, 0.25) is 5.91 Å². The number of hydrogen-bond acceptors (Lipinski definition) is 2. The van der Waals surface area contributed by atoms with Crippen molar-refractivity contribution in [2.75, 3.05) is 20.2 Å². The molecule has 134 valence electrons. The molecule has 0 radical (unpaired) electrons. The number of carbonyl (C=O) groups is 1. The van der Waals surface area contributed by atoms with Crippen molar-refractivity contribution in [2.45, 2.75) is 33.6 Å². The Kier molecular flexibility index (Phi) is 7.05. The maximum Gasteiger partial charge on any atom is 0.250 e. The fourth-order valence-corrected chi connectivity index (χ4v) is 3.03. The summed E-state index contributed by atoms with van der Waals surface area (Å²) in [4.78, 5) is 15.0. The van der Waals surface area contributed by atoms with E-state index in [1.54, 1.807) is 7.11 Å². The van der Waals surface area contributed by atoms with Gasteiger partial charge in [-0.3, -0.25) is 4.79 Å². The lowest BCUT2D eigenvalue weighted by Gasteiger charge is -2.27. The third kappa shape index (κ3) is 5.93. The number of hydrogen-bond donors (Lipinski definition) is 0. The third-order valence-electron chi connectivity index (χ3n) is 4.11. The predicted octanol–water partition coefficient (Wildman–Crippen LogP) is 4.83. The topological polar surface area (TPSA) is 29.5 Å². The van der Waals surface area contributed by atoms with Gasteiger partial charge in [0.25, 0.3) is 0 Å². The second kappa shape index (κ2) is 9.26. The summed E-state index contributed by atoms with van der Waals surface area (Å²) in [5, 5.41) is 0. The van der Waals surface area contributed by atoms with Crippen LogP contribution in [0.25, 0.3) is 6.08 Å². The predicted molar refractivity (Wildman–Crippen MR) is 104 cm³/mol. The highest BCUT2D eigenvalue weighted by Crippen LogP contribution is 2.21. The monoisotopic (exact) mass is 339 g/mol. The van der Waals surface area contributed by atoms with Gasteiger partial charge in [-0.15, -0.1) is 0 Å². The number of nitrogens with zero attached hydrogens (tertiary/aromatic N) is 1. The Labute approximate surface area is 151 Å². The minimum atomic E-state index is 0.122. The molecule has 0 aliphatic heterocycles. The lowest BCUT2D eigenvalue weighted by atomic mass is 10.0. The molecule has 0 atom stereocenters. The van der Waals surface area contributed by atoms with Crippen LogP contribution in [0, 0.1) is 5.92 Å². The van der Waals surface area contributed by atoms with Gasteiger partial charge in [-0.2, -0.15) is 0 Å². The number of ether oxygens (including phenoxy) is 1. The smallest absolute Gasteiger partial charge is 0.250 e. The van der Waals surface area contributed by atoms with Gasteiger partial charge in [0.05, 0.1) is 7.11 Å². The van der Waals surface area contributed by atoms with Crippen LogP contribution in [-0.4, -0.2) is 31.0 Å². The van der Waals surface area contributed by atoms with Gasteiger partial charge >= 0.3 is 0 Å². The van der Waals surface area contributed by atoms with Gasteiger partial charge in [-0.25, -0.2) is 0 Å². The number of benzene rings is 1. The van der Waals surface area contributed by atoms with Crippen LogP contribution in [0.2, 0.25) is 0 Å². The number of rotatable bonds is 7. The summed E-state index contributed by atoms with van der Waals surface area (Å²) in [6, 6.07) is 10.2.